The van der Waals surface area contributed by atoms with Crippen molar-refractivity contribution in [3.05, 3.63) is 0 Å². The molecule has 2 heteroatoms. The Balaban J connectivity index is 2.69. The van der Waals surface area contributed by atoms with Gasteiger partial charge in [0.15, 0.2) is 0 Å². The van der Waals surface area contributed by atoms with Crippen molar-refractivity contribution in [1.82, 2.24) is 0 Å². The first-order valence-electron chi connectivity index (χ1n) is 4.49. The molecule has 1 aliphatic heterocycles. The molecular weight excluding hydrogens is 135 g/mol. The zero-order valence-corrected chi connectivity index (χ0v) is 7.92. The standard InChI is InChI=1S/C9H17BO/c1-5-9-6(2)7(3)10-8(4)11-9/h6,8-9H,5H2,1-4H3/t6-,8?,9?/m1/s1. The molecular formula is C9H17BO. The summed E-state index contributed by atoms with van der Waals surface area (Å²) >= 11 is 0. The van der Waals surface area contributed by atoms with E-state index in [1.165, 1.54) is 5.46 Å². The third kappa shape index (κ3) is 1.93. The summed E-state index contributed by atoms with van der Waals surface area (Å²) in [5.74, 6) is 0.608. The normalized spacial score (nSPS) is 37.8. The van der Waals surface area contributed by atoms with Crippen LogP contribution >= 0.6 is 0 Å². The van der Waals surface area contributed by atoms with E-state index in [4.69, 9.17) is 4.74 Å². The summed E-state index contributed by atoms with van der Waals surface area (Å²) in [7, 11) is 0. The first kappa shape index (κ1) is 8.99. The van der Waals surface area contributed by atoms with Crippen molar-refractivity contribution in [2.75, 3.05) is 0 Å². The Labute approximate surface area is 70.0 Å². The first-order chi connectivity index (χ1) is 5.15. The molecule has 11 heavy (non-hydrogen) atoms. The van der Waals surface area contributed by atoms with Gasteiger partial charge in [0.25, 0.3) is 0 Å². The summed E-state index contributed by atoms with van der Waals surface area (Å²) < 4.78 is 5.74. The zero-order valence-electron chi connectivity index (χ0n) is 7.92. The van der Waals surface area contributed by atoms with Crippen LogP contribution in [0.15, 0.2) is 0 Å². The van der Waals surface area contributed by atoms with Crippen molar-refractivity contribution in [2.45, 2.75) is 46.2 Å². The van der Waals surface area contributed by atoms with Crippen molar-refractivity contribution in [3.8, 4) is 0 Å². The second kappa shape index (κ2) is 3.53. The molecule has 0 aromatic carbocycles. The molecule has 1 aliphatic rings. The second-order valence-corrected chi connectivity index (χ2v) is 3.49. The van der Waals surface area contributed by atoms with E-state index in [0.29, 0.717) is 18.0 Å². The molecule has 0 fully saturated rings. The SMILES string of the molecule is CCC1OC(C)B=C(C)[C@H]1C. The fourth-order valence-electron chi connectivity index (χ4n) is 1.70. The van der Waals surface area contributed by atoms with Gasteiger partial charge in [-0.1, -0.05) is 0 Å². The molecule has 0 saturated heterocycles. The quantitative estimate of drug-likeness (QED) is 0.519. The van der Waals surface area contributed by atoms with Gasteiger partial charge in [-0.3, -0.25) is 0 Å². The van der Waals surface area contributed by atoms with Gasteiger partial charge in [-0.2, -0.15) is 0 Å². The number of hydrogen-bond acceptors (Lipinski definition) is 1. The Hall–Kier alpha value is -0.105. The van der Waals surface area contributed by atoms with E-state index in [9.17, 15) is 0 Å². The molecule has 1 rings (SSSR count). The summed E-state index contributed by atoms with van der Waals surface area (Å²) in [6, 6.07) is 0.316. The third-order valence-electron chi connectivity index (χ3n) is 2.57. The summed E-state index contributed by atoms with van der Waals surface area (Å²) in [6.45, 7) is 11.0. The minimum atomic E-state index is 0.316. The Kier molecular flexibility index (Phi) is 2.88. The van der Waals surface area contributed by atoms with Gasteiger partial charge in [0.2, 0.25) is 0 Å². The Morgan fingerprint density at radius 3 is 2.64 bits per heavy atom. The van der Waals surface area contributed by atoms with Gasteiger partial charge in [0.05, 0.1) is 0 Å². The maximum absolute atomic E-state index is 5.74. The minimum absolute atomic E-state index is 0.316. The average Bonchev–Trinajstić information content (AvgIpc) is 1.96. The van der Waals surface area contributed by atoms with E-state index in [2.05, 4.69) is 34.6 Å². The molecule has 1 nitrogen and oxygen atoms in total. The third-order valence-corrected chi connectivity index (χ3v) is 2.57. The number of hydrogen-bond donors (Lipinski definition) is 0. The van der Waals surface area contributed by atoms with Crippen LogP contribution in [0.2, 0.25) is 0 Å². The van der Waals surface area contributed by atoms with Crippen LogP contribution in [0.1, 0.15) is 34.1 Å². The van der Waals surface area contributed by atoms with Crippen molar-refractivity contribution < 1.29 is 4.74 Å². The maximum atomic E-state index is 5.74. The number of rotatable bonds is 1. The average molecular weight is 152 g/mol. The van der Waals surface area contributed by atoms with Gasteiger partial charge < -0.3 is 0 Å². The van der Waals surface area contributed by atoms with E-state index < -0.39 is 0 Å². The van der Waals surface area contributed by atoms with Gasteiger partial charge in [-0.25, -0.2) is 0 Å². The predicted octanol–water partition coefficient (Wildman–Crippen LogP) is 1.67. The molecule has 1 heterocycles. The van der Waals surface area contributed by atoms with Crippen LogP contribution < -0.4 is 0 Å². The molecule has 2 unspecified atom stereocenters. The summed E-state index contributed by atoms with van der Waals surface area (Å²) in [5, 5.41) is 0. The molecule has 0 bridgehead atoms. The summed E-state index contributed by atoms with van der Waals surface area (Å²) in [4.78, 5) is 0. The Bertz CT molecular complexity index is 165. The molecule has 62 valence electrons. The number of ether oxygens (including phenoxy) is 1. The van der Waals surface area contributed by atoms with Crippen molar-refractivity contribution in [3.63, 3.8) is 0 Å². The van der Waals surface area contributed by atoms with Gasteiger partial charge in [0, 0.05) is 0 Å². The van der Waals surface area contributed by atoms with Crippen LogP contribution in [-0.2, 0) is 4.74 Å². The Morgan fingerprint density at radius 1 is 1.45 bits per heavy atom. The molecule has 0 aromatic rings. The fraction of sp³-hybridized carbons (Fsp3) is 0.889. The van der Waals surface area contributed by atoms with Crippen molar-refractivity contribution >= 4 is 12.4 Å². The molecule has 0 saturated carbocycles. The second-order valence-electron chi connectivity index (χ2n) is 3.49. The van der Waals surface area contributed by atoms with Gasteiger partial charge in [0.1, 0.15) is 0 Å². The predicted molar refractivity (Wildman–Crippen MR) is 50.2 cm³/mol. The fourth-order valence-corrected chi connectivity index (χ4v) is 1.70. The first-order valence-corrected chi connectivity index (χ1v) is 4.49. The molecule has 0 radical (unpaired) electrons. The van der Waals surface area contributed by atoms with Crippen LogP contribution in [0.25, 0.3) is 0 Å². The van der Waals surface area contributed by atoms with Crippen molar-refractivity contribution in [2.24, 2.45) is 5.92 Å². The van der Waals surface area contributed by atoms with E-state index in [-0.39, 0.29) is 0 Å². The van der Waals surface area contributed by atoms with Crippen LogP contribution in [0.4, 0.5) is 0 Å². The van der Waals surface area contributed by atoms with E-state index in [1.54, 1.807) is 0 Å². The van der Waals surface area contributed by atoms with E-state index >= 15 is 0 Å². The molecule has 0 aliphatic carbocycles. The zero-order chi connectivity index (χ0) is 8.43. The van der Waals surface area contributed by atoms with Crippen LogP contribution in [0, 0.1) is 5.92 Å². The molecule has 3 atom stereocenters. The summed E-state index contributed by atoms with van der Waals surface area (Å²) in [5.41, 5.74) is 1.48. The van der Waals surface area contributed by atoms with E-state index in [0.717, 1.165) is 6.42 Å². The van der Waals surface area contributed by atoms with Crippen molar-refractivity contribution in [1.29, 1.82) is 0 Å². The van der Waals surface area contributed by atoms with Crippen LogP contribution in [0.3, 0.4) is 0 Å². The van der Waals surface area contributed by atoms with E-state index in [1.807, 2.05) is 0 Å². The topological polar surface area (TPSA) is 9.23 Å². The monoisotopic (exact) mass is 152 g/mol. The van der Waals surface area contributed by atoms with Gasteiger partial charge in [-0.15, -0.1) is 0 Å². The summed E-state index contributed by atoms with van der Waals surface area (Å²) in [6.07, 6.45) is 1.56. The molecule has 0 amide bonds. The van der Waals surface area contributed by atoms with Crippen LogP contribution in [0.5, 0.6) is 0 Å². The van der Waals surface area contributed by atoms with Gasteiger partial charge in [-0.05, 0) is 0 Å². The molecule has 0 aromatic heterocycles. The van der Waals surface area contributed by atoms with Crippen LogP contribution in [-0.4, -0.2) is 24.5 Å². The molecule has 0 spiro atoms. The van der Waals surface area contributed by atoms with Gasteiger partial charge >= 0.3 is 69.3 Å². The molecule has 0 N–H and O–H groups in total. The Morgan fingerprint density at radius 2 is 2.09 bits per heavy atom.